The minimum atomic E-state index is -0.787. The van der Waals surface area contributed by atoms with Crippen LogP contribution >= 0.6 is 0 Å². The van der Waals surface area contributed by atoms with Crippen molar-refractivity contribution in [1.29, 1.82) is 0 Å². The minimum Gasteiger partial charge on any atom is -0.480 e. The molecule has 0 aromatic heterocycles. The van der Waals surface area contributed by atoms with Gasteiger partial charge in [0.1, 0.15) is 6.04 Å². The van der Waals surface area contributed by atoms with Crippen LogP contribution in [0.2, 0.25) is 0 Å². The number of rotatable bonds is 6. The average Bonchev–Trinajstić information content (AvgIpc) is 2.30. The summed E-state index contributed by atoms with van der Waals surface area (Å²) in [7, 11) is 0. The maximum atomic E-state index is 11.2. The van der Waals surface area contributed by atoms with Crippen molar-refractivity contribution in [3.05, 3.63) is 35.9 Å². The molecule has 0 heterocycles. The highest BCUT2D eigenvalue weighted by atomic mass is 16.4. The van der Waals surface area contributed by atoms with Crippen LogP contribution in [0, 0.1) is 0 Å². The zero-order chi connectivity index (χ0) is 12.0. The molecular weight excluding hydrogens is 202 g/mol. The van der Waals surface area contributed by atoms with E-state index in [2.05, 4.69) is 5.32 Å². The number of hydrogen-bond acceptors (Lipinski definition) is 2. The molecule has 1 rings (SSSR count). The van der Waals surface area contributed by atoms with Crippen LogP contribution in [0.3, 0.4) is 0 Å². The number of carboxylic acids is 1. The predicted octanol–water partition coefficient (Wildman–Crippen LogP) is 2.24. The third-order valence-corrected chi connectivity index (χ3v) is 2.71. The van der Waals surface area contributed by atoms with E-state index in [-0.39, 0.29) is 5.92 Å². The minimum absolute atomic E-state index is 0.0229. The Kier molecular flexibility index (Phi) is 4.99. The summed E-state index contributed by atoms with van der Waals surface area (Å²) in [5.74, 6) is -0.810. The van der Waals surface area contributed by atoms with E-state index in [1.54, 1.807) is 0 Å². The van der Waals surface area contributed by atoms with Crippen molar-refractivity contribution in [3.63, 3.8) is 0 Å². The van der Waals surface area contributed by atoms with Crippen molar-refractivity contribution >= 4 is 5.97 Å². The van der Waals surface area contributed by atoms with Crippen LogP contribution < -0.4 is 5.32 Å². The van der Waals surface area contributed by atoms with Crippen molar-refractivity contribution in [2.45, 2.75) is 32.2 Å². The van der Waals surface area contributed by atoms with E-state index in [1.807, 2.05) is 44.2 Å². The Morgan fingerprint density at radius 2 is 2.00 bits per heavy atom. The first-order valence-corrected chi connectivity index (χ1v) is 5.68. The highest BCUT2D eigenvalue weighted by Crippen LogP contribution is 2.19. The van der Waals surface area contributed by atoms with Crippen LogP contribution in [0.15, 0.2) is 30.3 Å². The van der Waals surface area contributed by atoms with Crippen molar-refractivity contribution < 1.29 is 9.90 Å². The van der Waals surface area contributed by atoms with Gasteiger partial charge in [-0.3, -0.25) is 4.79 Å². The summed E-state index contributed by atoms with van der Waals surface area (Å²) >= 11 is 0. The average molecular weight is 221 g/mol. The molecule has 0 fully saturated rings. The summed E-state index contributed by atoms with van der Waals surface area (Å²) in [6.45, 7) is 4.70. The van der Waals surface area contributed by atoms with Gasteiger partial charge >= 0.3 is 5.97 Å². The molecule has 0 saturated heterocycles. The maximum absolute atomic E-state index is 11.2. The molecule has 0 aliphatic carbocycles. The third kappa shape index (κ3) is 3.35. The van der Waals surface area contributed by atoms with Gasteiger partial charge in [-0.25, -0.2) is 0 Å². The van der Waals surface area contributed by atoms with Crippen LogP contribution in [0.25, 0.3) is 0 Å². The summed E-state index contributed by atoms with van der Waals surface area (Å²) < 4.78 is 0. The lowest BCUT2D eigenvalue weighted by Gasteiger charge is -2.21. The molecule has 0 saturated carbocycles. The number of aliphatic carboxylic acids is 1. The fourth-order valence-corrected chi connectivity index (χ4v) is 1.73. The normalized spacial score (nSPS) is 14.4. The molecule has 0 spiro atoms. The Hall–Kier alpha value is -1.35. The first-order chi connectivity index (χ1) is 7.66. The van der Waals surface area contributed by atoms with Crippen LogP contribution in [0.5, 0.6) is 0 Å². The number of benzene rings is 1. The summed E-state index contributed by atoms with van der Waals surface area (Å²) in [4.78, 5) is 11.2. The monoisotopic (exact) mass is 221 g/mol. The third-order valence-electron chi connectivity index (χ3n) is 2.71. The maximum Gasteiger partial charge on any atom is 0.321 e. The van der Waals surface area contributed by atoms with E-state index in [4.69, 9.17) is 5.11 Å². The van der Waals surface area contributed by atoms with Crippen LogP contribution in [-0.4, -0.2) is 23.7 Å². The molecule has 3 heteroatoms. The zero-order valence-electron chi connectivity index (χ0n) is 9.81. The molecule has 2 N–H and O–H groups in total. The Balaban J connectivity index is 2.75. The van der Waals surface area contributed by atoms with Crippen molar-refractivity contribution in [2.75, 3.05) is 6.54 Å². The Morgan fingerprint density at radius 1 is 1.38 bits per heavy atom. The second-order valence-corrected chi connectivity index (χ2v) is 3.97. The van der Waals surface area contributed by atoms with Gasteiger partial charge in [0.05, 0.1) is 0 Å². The number of carbonyl (C=O) groups is 1. The summed E-state index contributed by atoms with van der Waals surface area (Å²) in [6, 6.07) is 9.23. The van der Waals surface area contributed by atoms with E-state index in [1.165, 1.54) is 0 Å². The van der Waals surface area contributed by atoms with Crippen molar-refractivity contribution in [3.8, 4) is 0 Å². The van der Waals surface area contributed by atoms with Gasteiger partial charge in [0.25, 0.3) is 0 Å². The van der Waals surface area contributed by atoms with E-state index in [9.17, 15) is 4.79 Å². The first kappa shape index (κ1) is 12.7. The molecule has 16 heavy (non-hydrogen) atoms. The van der Waals surface area contributed by atoms with Gasteiger partial charge in [-0.1, -0.05) is 44.2 Å². The van der Waals surface area contributed by atoms with E-state index >= 15 is 0 Å². The Morgan fingerprint density at radius 3 is 2.50 bits per heavy atom. The molecule has 0 bridgehead atoms. The molecule has 1 aromatic rings. The van der Waals surface area contributed by atoms with Crippen molar-refractivity contribution in [1.82, 2.24) is 5.32 Å². The highest BCUT2D eigenvalue weighted by Gasteiger charge is 2.24. The molecule has 0 aliphatic heterocycles. The van der Waals surface area contributed by atoms with Gasteiger partial charge in [0.2, 0.25) is 0 Å². The predicted molar refractivity (Wildman–Crippen MR) is 64.6 cm³/mol. The molecule has 1 aromatic carbocycles. The zero-order valence-corrected chi connectivity index (χ0v) is 9.81. The van der Waals surface area contributed by atoms with Crippen molar-refractivity contribution in [2.24, 2.45) is 0 Å². The van der Waals surface area contributed by atoms with E-state index in [0.717, 1.165) is 18.5 Å². The molecule has 3 nitrogen and oxygen atoms in total. The van der Waals surface area contributed by atoms with Gasteiger partial charge in [-0.15, -0.1) is 0 Å². The van der Waals surface area contributed by atoms with Crippen LogP contribution in [-0.2, 0) is 4.79 Å². The largest absolute Gasteiger partial charge is 0.480 e. The van der Waals surface area contributed by atoms with Crippen LogP contribution in [0.1, 0.15) is 31.7 Å². The SMILES string of the molecule is CCCNC(C(=O)O)C(C)c1ccccc1. The highest BCUT2D eigenvalue weighted by molar-refractivity contribution is 5.74. The quantitative estimate of drug-likeness (QED) is 0.774. The standard InChI is InChI=1S/C13H19NO2/c1-3-9-14-12(13(15)16)10(2)11-7-5-4-6-8-11/h4-8,10,12,14H,3,9H2,1-2H3,(H,15,16). The molecule has 2 unspecified atom stereocenters. The smallest absolute Gasteiger partial charge is 0.321 e. The Bertz CT molecular complexity index is 324. The molecule has 0 aliphatic rings. The lowest BCUT2D eigenvalue weighted by molar-refractivity contribution is -0.140. The lowest BCUT2D eigenvalue weighted by atomic mass is 9.93. The molecule has 0 radical (unpaired) electrons. The summed E-state index contributed by atoms with van der Waals surface area (Å²) in [6.07, 6.45) is 0.936. The second kappa shape index (κ2) is 6.28. The fraction of sp³-hybridized carbons (Fsp3) is 0.462. The topological polar surface area (TPSA) is 49.3 Å². The molecule has 0 amide bonds. The second-order valence-electron chi connectivity index (χ2n) is 3.97. The molecule has 2 atom stereocenters. The summed E-state index contributed by atoms with van der Waals surface area (Å²) in [5, 5.41) is 12.2. The molecule has 88 valence electrons. The van der Waals surface area contributed by atoms with Gasteiger partial charge in [-0.05, 0) is 18.5 Å². The first-order valence-electron chi connectivity index (χ1n) is 5.68. The molecular formula is C13H19NO2. The number of carboxylic acid groups (broad SMARTS) is 1. The van der Waals surface area contributed by atoms with E-state index in [0.29, 0.717) is 0 Å². The number of nitrogens with one attached hydrogen (secondary N) is 1. The lowest BCUT2D eigenvalue weighted by Crippen LogP contribution is -2.41. The van der Waals surface area contributed by atoms with Crippen LogP contribution in [0.4, 0.5) is 0 Å². The van der Waals surface area contributed by atoms with Gasteiger partial charge < -0.3 is 10.4 Å². The van der Waals surface area contributed by atoms with Gasteiger partial charge in [0, 0.05) is 5.92 Å². The Labute approximate surface area is 96.5 Å². The number of hydrogen-bond donors (Lipinski definition) is 2. The van der Waals surface area contributed by atoms with E-state index < -0.39 is 12.0 Å². The van der Waals surface area contributed by atoms with Gasteiger partial charge in [0.15, 0.2) is 0 Å². The fourth-order valence-electron chi connectivity index (χ4n) is 1.73. The van der Waals surface area contributed by atoms with Gasteiger partial charge in [-0.2, -0.15) is 0 Å². The summed E-state index contributed by atoms with van der Waals surface area (Å²) in [5.41, 5.74) is 1.05.